The molecule has 0 bridgehead atoms. The molecule has 142 valence electrons. The van der Waals surface area contributed by atoms with Crippen LogP contribution in [0.4, 0.5) is 0 Å². The Morgan fingerprint density at radius 1 is 0.862 bits per heavy atom. The van der Waals surface area contributed by atoms with Crippen molar-refractivity contribution in [3.63, 3.8) is 0 Å². The van der Waals surface area contributed by atoms with E-state index in [2.05, 4.69) is 10.3 Å². The van der Waals surface area contributed by atoms with E-state index >= 15 is 0 Å². The predicted molar refractivity (Wildman–Crippen MR) is 110 cm³/mol. The first-order valence-electron chi connectivity index (χ1n) is 8.88. The van der Waals surface area contributed by atoms with E-state index in [0.29, 0.717) is 22.3 Å². The molecule has 0 saturated carbocycles. The molecule has 0 aromatic heterocycles. The molecule has 1 unspecified atom stereocenters. The molecule has 3 N–H and O–H groups in total. The molecule has 1 atom stereocenters. The predicted octanol–water partition coefficient (Wildman–Crippen LogP) is 2.96. The van der Waals surface area contributed by atoms with E-state index < -0.39 is 17.9 Å². The monoisotopic (exact) mass is 382 g/mol. The molecule has 6 heteroatoms. The van der Waals surface area contributed by atoms with E-state index in [1.807, 2.05) is 18.2 Å². The summed E-state index contributed by atoms with van der Waals surface area (Å²) in [5, 5.41) is 11.6. The molecule has 0 aliphatic heterocycles. The average molecular weight is 382 g/mol. The first-order valence-corrected chi connectivity index (χ1v) is 8.88. The summed E-state index contributed by atoms with van der Waals surface area (Å²) in [5.74, 6) is -0.964. The van der Waals surface area contributed by atoms with Crippen LogP contribution in [0.3, 0.4) is 0 Å². The molecule has 0 radical (unpaired) electrons. The maximum atomic E-state index is 12.9. The average Bonchev–Trinajstić information content (AvgIpc) is 2.78. The van der Waals surface area contributed by atoms with Crippen LogP contribution < -0.4 is 11.1 Å². The summed E-state index contributed by atoms with van der Waals surface area (Å²) in [6.07, 6.45) is 0. The number of amidine groups is 1. The van der Waals surface area contributed by atoms with Crippen molar-refractivity contribution in [3.05, 3.63) is 107 Å². The molecule has 3 aromatic carbocycles. The van der Waals surface area contributed by atoms with Crippen LogP contribution in [0, 0.1) is 11.3 Å². The Bertz CT molecular complexity index is 1070. The number of hydrogen-bond donors (Lipinski definition) is 2. The summed E-state index contributed by atoms with van der Waals surface area (Å²) in [6.45, 7) is 0. The molecule has 0 heterocycles. The Morgan fingerprint density at radius 2 is 1.45 bits per heavy atom. The molecule has 0 spiro atoms. The lowest BCUT2D eigenvalue weighted by Crippen LogP contribution is -2.34. The Morgan fingerprint density at radius 3 is 2.03 bits per heavy atom. The zero-order chi connectivity index (χ0) is 20.6. The minimum absolute atomic E-state index is 0.0733. The van der Waals surface area contributed by atoms with E-state index in [9.17, 15) is 9.59 Å². The van der Waals surface area contributed by atoms with Crippen LogP contribution >= 0.6 is 0 Å². The normalized spacial score (nSPS) is 11.9. The van der Waals surface area contributed by atoms with Gasteiger partial charge in [0.2, 0.25) is 0 Å². The smallest absolute Gasteiger partial charge is 0.274 e. The van der Waals surface area contributed by atoms with Gasteiger partial charge in [0.15, 0.2) is 0 Å². The molecule has 3 rings (SSSR count). The van der Waals surface area contributed by atoms with Crippen LogP contribution in [0.5, 0.6) is 0 Å². The second kappa shape index (κ2) is 9.11. The number of hydrogen-bond acceptors (Lipinski definition) is 3. The quantitative estimate of drug-likeness (QED) is 0.522. The van der Waals surface area contributed by atoms with Gasteiger partial charge in [0.1, 0.15) is 11.9 Å². The summed E-state index contributed by atoms with van der Waals surface area (Å²) in [6, 6.07) is 24.9. The van der Waals surface area contributed by atoms with Crippen molar-refractivity contribution < 1.29 is 9.59 Å². The van der Waals surface area contributed by atoms with Crippen LogP contribution in [0.2, 0.25) is 0 Å². The first kappa shape index (κ1) is 19.5. The van der Waals surface area contributed by atoms with Crippen LogP contribution in [0.25, 0.3) is 0 Å². The zero-order valence-corrected chi connectivity index (χ0v) is 15.4. The summed E-state index contributed by atoms with van der Waals surface area (Å²) >= 11 is 0. The fraction of sp³-hybridized carbons (Fsp3) is 0.0435. The highest BCUT2D eigenvalue weighted by atomic mass is 16.2. The lowest BCUT2D eigenvalue weighted by molar-refractivity contribution is -0.119. The van der Waals surface area contributed by atoms with Gasteiger partial charge in [0.25, 0.3) is 11.8 Å². The number of nitrogens with two attached hydrogens (primary N) is 1. The molecular weight excluding hydrogens is 364 g/mol. The van der Waals surface area contributed by atoms with Gasteiger partial charge in [-0.05, 0) is 29.8 Å². The standard InChI is InChI=1S/C23H18N4O2/c24-15-16-11-13-19(14-12-16)22(28)26-20(17-7-3-1-4-8-17)23(29)27-21(25)18-9-5-2-6-10-18/h1-14,20H,(H,26,28)(H2,25,27,29). The van der Waals surface area contributed by atoms with Crippen molar-refractivity contribution in [1.29, 1.82) is 5.26 Å². The molecule has 2 amide bonds. The van der Waals surface area contributed by atoms with Gasteiger partial charge in [-0.2, -0.15) is 10.3 Å². The van der Waals surface area contributed by atoms with Crippen LogP contribution in [-0.2, 0) is 4.79 Å². The van der Waals surface area contributed by atoms with E-state index in [-0.39, 0.29) is 5.84 Å². The third-order valence-electron chi connectivity index (χ3n) is 4.23. The maximum absolute atomic E-state index is 12.9. The molecule has 29 heavy (non-hydrogen) atoms. The van der Waals surface area contributed by atoms with Gasteiger partial charge in [0.05, 0.1) is 11.6 Å². The second-order valence-corrected chi connectivity index (χ2v) is 6.21. The number of rotatable bonds is 5. The van der Waals surface area contributed by atoms with Crippen molar-refractivity contribution in [2.24, 2.45) is 10.7 Å². The van der Waals surface area contributed by atoms with Gasteiger partial charge in [-0.15, -0.1) is 0 Å². The van der Waals surface area contributed by atoms with E-state index in [1.165, 1.54) is 12.1 Å². The minimum Gasteiger partial charge on any atom is -0.383 e. The first-order chi connectivity index (χ1) is 14.1. The molecule has 0 aliphatic rings. The third kappa shape index (κ3) is 4.93. The molecule has 0 saturated heterocycles. The minimum atomic E-state index is -0.999. The third-order valence-corrected chi connectivity index (χ3v) is 4.23. The van der Waals surface area contributed by atoms with Crippen molar-refractivity contribution in [2.75, 3.05) is 0 Å². The summed E-state index contributed by atoms with van der Waals surface area (Å²) in [5.41, 5.74) is 7.95. The Labute approximate surface area is 168 Å². The number of nitrogens with one attached hydrogen (secondary N) is 1. The van der Waals surface area contributed by atoms with E-state index in [1.54, 1.807) is 60.7 Å². The molecule has 0 aliphatic carbocycles. The fourth-order valence-electron chi connectivity index (χ4n) is 2.70. The van der Waals surface area contributed by atoms with Gasteiger partial charge < -0.3 is 11.1 Å². The summed E-state index contributed by atoms with van der Waals surface area (Å²) < 4.78 is 0. The Hall–Kier alpha value is -4.24. The number of carbonyl (C=O) groups excluding carboxylic acids is 2. The summed E-state index contributed by atoms with van der Waals surface area (Å²) in [7, 11) is 0. The second-order valence-electron chi connectivity index (χ2n) is 6.21. The molecular formula is C23H18N4O2. The number of nitriles is 1. The van der Waals surface area contributed by atoms with Gasteiger partial charge in [-0.3, -0.25) is 9.59 Å². The van der Waals surface area contributed by atoms with Crippen LogP contribution in [-0.4, -0.2) is 17.6 Å². The van der Waals surface area contributed by atoms with E-state index in [0.717, 1.165) is 0 Å². The number of aliphatic imine (C=N–C) groups is 1. The van der Waals surface area contributed by atoms with Gasteiger partial charge in [-0.25, -0.2) is 0 Å². The Kier molecular flexibility index (Phi) is 6.13. The number of amides is 2. The van der Waals surface area contributed by atoms with Crippen LogP contribution in [0.15, 0.2) is 89.9 Å². The van der Waals surface area contributed by atoms with Crippen molar-refractivity contribution in [2.45, 2.75) is 6.04 Å². The largest absolute Gasteiger partial charge is 0.383 e. The van der Waals surface area contributed by atoms with Gasteiger partial charge in [-0.1, -0.05) is 60.7 Å². The lowest BCUT2D eigenvalue weighted by atomic mass is 10.0. The van der Waals surface area contributed by atoms with E-state index in [4.69, 9.17) is 11.0 Å². The number of benzene rings is 3. The summed E-state index contributed by atoms with van der Waals surface area (Å²) in [4.78, 5) is 29.5. The molecule has 0 fully saturated rings. The van der Waals surface area contributed by atoms with Gasteiger partial charge in [0, 0.05) is 11.1 Å². The highest BCUT2D eigenvalue weighted by Crippen LogP contribution is 2.16. The van der Waals surface area contributed by atoms with Crippen LogP contribution in [0.1, 0.15) is 33.1 Å². The number of nitrogens with zero attached hydrogens (tertiary/aromatic N) is 2. The highest BCUT2D eigenvalue weighted by Gasteiger charge is 2.23. The van der Waals surface area contributed by atoms with Gasteiger partial charge >= 0.3 is 0 Å². The molecule has 3 aromatic rings. The molecule has 6 nitrogen and oxygen atoms in total. The van der Waals surface area contributed by atoms with Crippen molar-refractivity contribution in [3.8, 4) is 6.07 Å². The Balaban J connectivity index is 1.87. The topological polar surface area (TPSA) is 108 Å². The zero-order valence-electron chi connectivity index (χ0n) is 15.4. The highest BCUT2D eigenvalue weighted by molar-refractivity contribution is 6.06. The lowest BCUT2D eigenvalue weighted by Gasteiger charge is -2.16. The maximum Gasteiger partial charge on any atom is 0.274 e. The SMILES string of the molecule is N#Cc1ccc(C(=O)NC(C(=O)N=C(N)c2ccccc2)c2ccccc2)cc1. The fourth-order valence-corrected chi connectivity index (χ4v) is 2.70. The van der Waals surface area contributed by atoms with Crippen molar-refractivity contribution in [1.82, 2.24) is 5.32 Å². The number of carbonyl (C=O) groups is 2. The van der Waals surface area contributed by atoms with Crippen molar-refractivity contribution >= 4 is 17.6 Å².